The van der Waals surface area contributed by atoms with Crippen LogP contribution in [0.3, 0.4) is 0 Å². The number of esters is 1. The molecule has 35 heavy (non-hydrogen) atoms. The molecule has 0 aliphatic heterocycles. The second-order valence-electron chi connectivity index (χ2n) is 7.52. The maximum atomic E-state index is 13.1. The topological polar surface area (TPSA) is 126 Å². The number of amides is 2. The number of rotatable bonds is 10. The molecule has 0 heterocycles. The minimum Gasteiger partial charge on any atom is -0.493 e. The molecule has 2 amide bonds. The molecule has 0 aromatic heterocycles. The van der Waals surface area contributed by atoms with E-state index >= 15 is 0 Å². The van der Waals surface area contributed by atoms with E-state index in [2.05, 4.69) is 5.32 Å². The highest BCUT2D eigenvalue weighted by Gasteiger charge is 2.27. The fourth-order valence-corrected chi connectivity index (χ4v) is 3.20. The first-order chi connectivity index (χ1) is 16.8. The van der Waals surface area contributed by atoms with Gasteiger partial charge in [0.2, 0.25) is 11.9 Å². The van der Waals surface area contributed by atoms with Gasteiger partial charge in [-0.25, -0.2) is 4.79 Å². The Kier molecular flexibility index (Phi) is 8.29. The number of aryl methyl sites for hydroxylation is 1. The Balaban J connectivity index is 1.89. The van der Waals surface area contributed by atoms with Crippen molar-refractivity contribution in [2.45, 2.75) is 13.0 Å². The van der Waals surface area contributed by atoms with Gasteiger partial charge in [-0.05, 0) is 31.2 Å². The molecule has 0 bridgehead atoms. The minimum atomic E-state index is -1.23. The zero-order valence-corrected chi connectivity index (χ0v) is 19.6. The van der Waals surface area contributed by atoms with Crippen LogP contribution in [0, 0.1) is 6.92 Å². The first kappa shape index (κ1) is 25.1. The number of hydrogen-bond donors (Lipinski definition) is 2. The molecule has 0 spiro atoms. The van der Waals surface area contributed by atoms with E-state index in [0.29, 0.717) is 11.3 Å². The van der Waals surface area contributed by atoms with Crippen molar-refractivity contribution >= 4 is 23.5 Å². The Morgan fingerprint density at radius 1 is 0.914 bits per heavy atom. The van der Waals surface area contributed by atoms with Crippen molar-refractivity contribution in [3.63, 3.8) is 0 Å². The van der Waals surface area contributed by atoms with Gasteiger partial charge < -0.3 is 30.0 Å². The summed E-state index contributed by atoms with van der Waals surface area (Å²) in [7, 11) is 2.73. The maximum Gasteiger partial charge on any atom is 0.339 e. The van der Waals surface area contributed by atoms with Crippen LogP contribution in [0.5, 0.6) is 17.2 Å². The number of benzene rings is 3. The number of carbonyl (C=O) groups excluding carboxylic acids is 3. The second-order valence-corrected chi connectivity index (χ2v) is 7.52. The lowest BCUT2D eigenvalue weighted by Gasteiger charge is -2.19. The molecule has 3 aromatic rings. The van der Waals surface area contributed by atoms with Crippen LogP contribution in [0.2, 0.25) is 0 Å². The third-order valence-corrected chi connectivity index (χ3v) is 4.94. The van der Waals surface area contributed by atoms with Crippen molar-refractivity contribution in [1.29, 1.82) is 0 Å². The number of nitrogens with two attached hydrogens (primary N) is 1. The van der Waals surface area contributed by atoms with Gasteiger partial charge in [-0.2, -0.15) is 0 Å². The predicted octanol–water partition coefficient (Wildman–Crippen LogP) is 3.41. The second kappa shape index (κ2) is 11.6. The molecule has 3 N–H and O–H groups in total. The molecule has 182 valence electrons. The third-order valence-electron chi connectivity index (χ3n) is 4.94. The summed E-state index contributed by atoms with van der Waals surface area (Å²) >= 11 is 0. The molecule has 3 aromatic carbocycles. The summed E-state index contributed by atoms with van der Waals surface area (Å²) in [5, 5.41) is 2.78. The van der Waals surface area contributed by atoms with Crippen LogP contribution in [0.4, 0.5) is 5.69 Å². The normalized spacial score (nSPS) is 11.2. The van der Waals surface area contributed by atoms with Gasteiger partial charge in [0, 0.05) is 11.3 Å². The highest BCUT2D eigenvalue weighted by atomic mass is 16.6. The Bertz CT molecular complexity index is 1170. The molecule has 9 heteroatoms. The Morgan fingerprint density at radius 3 is 2.06 bits per heavy atom. The van der Waals surface area contributed by atoms with Crippen molar-refractivity contribution in [2.75, 3.05) is 26.1 Å². The number of ether oxygens (including phenoxy) is 4. The Morgan fingerprint density at radius 2 is 1.51 bits per heavy atom. The molecule has 0 fully saturated rings. The van der Waals surface area contributed by atoms with Gasteiger partial charge in [0.25, 0.3) is 11.8 Å². The van der Waals surface area contributed by atoms with Crippen LogP contribution in [0.25, 0.3) is 0 Å². The lowest BCUT2D eigenvalue weighted by molar-refractivity contribution is -0.125. The van der Waals surface area contributed by atoms with Gasteiger partial charge >= 0.3 is 5.97 Å². The predicted molar refractivity (Wildman–Crippen MR) is 129 cm³/mol. The molecule has 0 aliphatic carbocycles. The average molecular weight is 479 g/mol. The molecule has 0 saturated carbocycles. The number of carbonyl (C=O) groups is 3. The van der Waals surface area contributed by atoms with Crippen molar-refractivity contribution < 1.29 is 33.3 Å². The number of methoxy groups -OCH3 is 2. The van der Waals surface area contributed by atoms with Crippen LogP contribution >= 0.6 is 0 Å². The lowest BCUT2D eigenvalue weighted by Crippen LogP contribution is -2.26. The molecule has 1 atom stereocenters. The average Bonchev–Trinajstić information content (AvgIpc) is 2.87. The molecule has 1 unspecified atom stereocenters. The van der Waals surface area contributed by atoms with E-state index in [1.807, 2.05) is 19.1 Å². The van der Waals surface area contributed by atoms with Gasteiger partial charge in [-0.1, -0.05) is 48.0 Å². The first-order valence-electron chi connectivity index (χ1n) is 10.6. The molecule has 0 radical (unpaired) electrons. The standard InChI is InChI=1S/C26H26N2O7/c1-16-9-11-19(12-10-16)28-25(30)23(17-7-5-4-6-8-17)35-26(31)18-13-20(32-2)24(21(14-18)33-3)34-15-22(27)29/h4-14,23H,15H2,1-3H3,(H2,27,29)(H,28,30). The summed E-state index contributed by atoms with van der Waals surface area (Å²) in [4.78, 5) is 37.3. The summed E-state index contributed by atoms with van der Waals surface area (Å²) in [6.45, 7) is 1.53. The van der Waals surface area contributed by atoms with E-state index in [0.717, 1.165) is 5.56 Å². The van der Waals surface area contributed by atoms with E-state index in [4.69, 9.17) is 24.7 Å². The summed E-state index contributed by atoms with van der Waals surface area (Å²) in [6, 6.07) is 18.6. The third kappa shape index (κ3) is 6.50. The maximum absolute atomic E-state index is 13.1. The molecular weight excluding hydrogens is 452 g/mol. The summed E-state index contributed by atoms with van der Waals surface area (Å²) < 4.78 is 21.6. The largest absolute Gasteiger partial charge is 0.493 e. The van der Waals surface area contributed by atoms with Crippen molar-refractivity contribution in [3.05, 3.63) is 83.4 Å². The number of primary amides is 1. The zero-order valence-electron chi connectivity index (χ0n) is 19.6. The SMILES string of the molecule is COc1cc(C(=O)OC(C(=O)Nc2ccc(C)cc2)c2ccccc2)cc(OC)c1OCC(N)=O. The molecular formula is C26H26N2O7. The molecule has 0 saturated heterocycles. The smallest absolute Gasteiger partial charge is 0.339 e. The van der Waals surface area contributed by atoms with Gasteiger partial charge in [0.05, 0.1) is 19.8 Å². The quantitative estimate of drug-likeness (QED) is 0.428. The van der Waals surface area contributed by atoms with Crippen LogP contribution in [-0.2, 0) is 14.3 Å². The molecule has 9 nitrogen and oxygen atoms in total. The Hall–Kier alpha value is -4.53. The van der Waals surface area contributed by atoms with Gasteiger partial charge in [-0.15, -0.1) is 0 Å². The van der Waals surface area contributed by atoms with Crippen LogP contribution in [0.15, 0.2) is 66.7 Å². The summed E-state index contributed by atoms with van der Waals surface area (Å²) in [5.74, 6) is -1.66. The van der Waals surface area contributed by atoms with Crippen LogP contribution < -0.4 is 25.3 Å². The Labute approximate surface area is 202 Å². The van der Waals surface area contributed by atoms with E-state index in [9.17, 15) is 14.4 Å². The summed E-state index contributed by atoms with van der Waals surface area (Å²) in [6.07, 6.45) is -1.23. The fourth-order valence-electron chi connectivity index (χ4n) is 3.20. The van der Waals surface area contributed by atoms with Crippen molar-refractivity contribution in [3.8, 4) is 17.2 Å². The monoisotopic (exact) mass is 478 g/mol. The lowest BCUT2D eigenvalue weighted by atomic mass is 10.1. The van der Waals surface area contributed by atoms with Crippen molar-refractivity contribution in [1.82, 2.24) is 0 Å². The van der Waals surface area contributed by atoms with E-state index in [1.165, 1.54) is 26.4 Å². The van der Waals surface area contributed by atoms with Gasteiger partial charge in [-0.3, -0.25) is 9.59 Å². The number of hydrogen-bond acceptors (Lipinski definition) is 7. The van der Waals surface area contributed by atoms with Crippen LogP contribution in [0.1, 0.15) is 27.6 Å². The first-order valence-corrected chi connectivity index (χ1v) is 10.6. The number of anilines is 1. The molecule has 3 rings (SSSR count). The fraction of sp³-hybridized carbons (Fsp3) is 0.192. The zero-order chi connectivity index (χ0) is 25.4. The van der Waals surface area contributed by atoms with Crippen LogP contribution in [-0.4, -0.2) is 38.6 Å². The van der Waals surface area contributed by atoms with Crippen molar-refractivity contribution in [2.24, 2.45) is 5.73 Å². The van der Waals surface area contributed by atoms with Gasteiger partial charge in [0.1, 0.15) is 0 Å². The minimum absolute atomic E-state index is 0.0502. The number of nitrogens with one attached hydrogen (secondary N) is 1. The van der Waals surface area contributed by atoms with E-state index in [1.54, 1.807) is 42.5 Å². The highest BCUT2D eigenvalue weighted by Crippen LogP contribution is 2.39. The van der Waals surface area contributed by atoms with E-state index < -0.39 is 30.5 Å². The summed E-state index contributed by atoms with van der Waals surface area (Å²) in [5.41, 5.74) is 7.29. The highest BCUT2D eigenvalue weighted by molar-refractivity contribution is 5.98. The molecule has 0 aliphatic rings. The van der Waals surface area contributed by atoms with E-state index in [-0.39, 0.29) is 22.8 Å². The van der Waals surface area contributed by atoms with Gasteiger partial charge in [0.15, 0.2) is 18.1 Å².